The number of carbonyl (C=O) groups is 2. The molecule has 3 rings (SSSR count). The monoisotopic (exact) mass is 412 g/mol. The summed E-state index contributed by atoms with van der Waals surface area (Å²) < 4.78 is 1.69. The predicted octanol–water partition coefficient (Wildman–Crippen LogP) is 1.73. The smallest absolute Gasteiger partial charge is 0.317 e. The predicted molar refractivity (Wildman–Crippen MR) is 110 cm³/mol. The fourth-order valence-electron chi connectivity index (χ4n) is 4.06. The minimum absolute atomic E-state index is 0. The topological polar surface area (TPSA) is 91.3 Å². The summed E-state index contributed by atoms with van der Waals surface area (Å²) in [6.45, 7) is 1.36. The van der Waals surface area contributed by atoms with E-state index in [9.17, 15) is 9.59 Å². The van der Waals surface area contributed by atoms with Crippen LogP contribution in [0.25, 0.3) is 0 Å². The molecular formula is C19H33ClN6O2. The van der Waals surface area contributed by atoms with Gasteiger partial charge in [-0.2, -0.15) is 5.10 Å². The third-order valence-corrected chi connectivity index (χ3v) is 5.67. The first kappa shape index (κ1) is 22.5. The maximum absolute atomic E-state index is 12.6. The summed E-state index contributed by atoms with van der Waals surface area (Å²) in [7, 11) is 3.61. The van der Waals surface area contributed by atoms with E-state index in [1.807, 2.05) is 18.1 Å². The molecule has 1 aromatic heterocycles. The molecule has 158 valence electrons. The van der Waals surface area contributed by atoms with E-state index in [0.717, 1.165) is 31.2 Å². The van der Waals surface area contributed by atoms with Crippen molar-refractivity contribution in [2.24, 2.45) is 7.05 Å². The summed E-state index contributed by atoms with van der Waals surface area (Å²) in [5, 5.41) is 13.5. The maximum Gasteiger partial charge on any atom is 0.317 e. The summed E-state index contributed by atoms with van der Waals surface area (Å²) >= 11 is 0. The van der Waals surface area contributed by atoms with E-state index < -0.39 is 6.04 Å². The number of likely N-dealkylation sites (tertiary alicyclic amines) is 1. The molecule has 1 atom stereocenters. The van der Waals surface area contributed by atoms with E-state index in [1.165, 1.54) is 19.3 Å². The number of rotatable bonds is 5. The fourth-order valence-corrected chi connectivity index (χ4v) is 4.06. The molecule has 28 heavy (non-hydrogen) atoms. The molecule has 2 heterocycles. The minimum atomic E-state index is -0.411. The average Bonchev–Trinajstić information content (AvgIpc) is 3.09. The quantitative estimate of drug-likeness (QED) is 0.686. The molecule has 3 amide bonds. The molecule has 0 bridgehead atoms. The van der Waals surface area contributed by atoms with E-state index in [2.05, 4.69) is 21.0 Å². The number of nitrogens with zero attached hydrogens (tertiary/aromatic N) is 3. The Bertz CT molecular complexity index is 638. The minimum Gasteiger partial charge on any atom is -0.352 e. The highest BCUT2D eigenvalue weighted by Gasteiger charge is 2.28. The molecule has 0 aromatic carbocycles. The first-order chi connectivity index (χ1) is 13.1. The first-order valence-corrected chi connectivity index (χ1v) is 10.1. The van der Waals surface area contributed by atoms with E-state index in [-0.39, 0.29) is 30.4 Å². The molecule has 1 unspecified atom stereocenters. The number of likely N-dealkylation sites (N-methyl/N-ethyl adjacent to an activating group) is 1. The number of piperidine rings is 1. The Kier molecular flexibility index (Phi) is 8.57. The normalized spacial score (nSPS) is 19.6. The molecule has 2 fully saturated rings. The summed E-state index contributed by atoms with van der Waals surface area (Å²) in [5.41, 5.74) is 0.849. The van der Waals surface area contributed by atoms with Gasteiger partial charge in [-0.3, -0.25) is 9.48 Å². The van der Waals surface area contributed by atoms with Crippen molar-refractivity contribution in [3.63, 3.8) is 0 Å². The Hall–Kier alpha value is -1.80. The van der Waals surface area contributed by atoms with Gasteiger partial charge in [-0.25, -0.2) is 4.79 Å². The number of nitrogens with one attached hydrogen (secondary N) is 3. The van der Waals surface area contributed by atoms with Gasteiger partial charge in [-0.1, -0.05) is 19.3 Å². The van der Waals surface area contributed by atoms with Crippen molar-refractivity contribution in [2.75, 3.05) is 20.1 Å². The molecule has 2 aliphatic rings. The van der Waals surface area contributed by atoms with Crippen LogP contribution >= 0.6 is 12.4 Å². The van der Waals surface area contributed by atoms with Gasteiger partial charge in [0.25, 0.3) is 0 Å². The lowest BCUT2D eigenvalue weighted by Gasteiger charge is -2.34. The highest BCUT2D eigenvalue weighted by Crippen LogP contribution is 2.19. The standard InChI is InChI=1S/C19H32N6O2.ClH/c1-20-17(14-12-21-24(2)13-14)18(26)22-16-8-10-25(11-9-16)19(27)23-15-6-4-3-5-7-15;/h12-13,15-17,20H,3-11H2,1-2H3,(H,22,26)(H,23,27);1H. The van der Waals surface area contributed by atoms with Crippen molar-refractivity contribution in [2.45, 2.75) is 63.1 Å². The van der Waals surface area contributed by atoms with Crippen LogP contribution in [0.3, 0.4) is 0 Å². The van der Waals surface area contributed by atoms with Gasteiger partial charge in [0.15, 0.2) is 0 Å². The van der Waals surface area contributed by atoms with Crippen LogP contribution in [0.4, 0.5) is 4.79 Å². The Morgan fingerprint density at radius 2 is 1.71 bits per heavy atom. The number of urea groups is 1. The van der Waals surface area contributed by atoms with E-state index in [0.29, 0.717) is 19.1 Å². The van der Waals surface area contributed by atoms with Crippen molar-refractivity contribution in [3.05, 3.63) is 18.0 Å². The summed E-state index contributed by atoms with van der Waals surface area (Å²) in [5.74, 6) is -0.0457. The van der Waals surface area contributed by atoms with Crippen LogP contribution in [-0.2, 0) is 11.8 Å². The number of amides is 3. The Labute approximate surface area is 173 Å². The lowest BCUT2D eigenvalue weighted by atomic mass is 9.95. The number of hydrogen-bond acceptors (Lipinski definition) is 4. The zero-order valence-corrected chi connectivity index (χ0v) is 17.6. The second-order valence-electron chi connectivity index (χ2n) is 7.72. The summed E-state index contributed by atoms with van der Waals surface area (Å²) in [6, 6.07) is 0.0739. The van der Waals surface area contributed by atoms with Crippen LogP contribution in [-0.4, -0.2) is 58.8 Å². The van der Waals surface area contributed by atoms with Gasteiger partial charge >= 0.3 is 6.03 Å². The van der Waals surface area contributed by atoms with Crippen LogP contribution in [0.1, 0.15) is 56.6 Å². The average molecular weight is 413 g/mol. The maximum atomic E-state index is 12.6. The number of carbonyl (C=O) groups excluding carboxylic acids is 2. The van der Waals surface area contributed by atoms with E-state index in [4.69, 9.17) is 0 Å². The number of halogens is 1. The van der Waals surface area contributed by atoms with Gasteiger partial charge in [0.05, 0.1) is 6.20 Å². The van der Waals surface area contributed by atoms with Crippen molar-refractivity contribution in [3.8, 4) is 0 Å². The van der Waals surface area contributed by atoms with Crippen LogP contribution < -0.4 is 16.0 Å². The molecule has 1 aliphatic heterocycles. The van der Waals surface area contributed by atoms with Gasteiger partial charge < -0.3 is 20.9 Å². The van der Waals surface area contributed by atoms with E-state index >= 15 is 0 Å². The van der Waals surface area contributed by atoms with E-state index in [1.54, 1.807) is 17.9 Å². The van der Waals surface area contributed by atoms with Crippen molar-refractivity contribution < 1.29 is 9.59 Å². The molecule has 9 heteroatoms. The molecule has 1 aliphatic carbocycles. The van der Waals surface area contributed by atoms with Crippen molar-refractivity contribution in [1.82, 2.24) is 30.6 Å². The molecule has 0 radical (unpaired) electrons. The lowest BCUT2D eigenvalue weighted by molar-refractivity contribution is -0.124. The lowest BCUT2D eigenvalue weighted by Crippen LogP contribution is -2.52. The molecule has 1 saturated heterocycles. The van der Waals surface area contributed by atoms with Crippen LogP contribution in [0.15, 0.2) is 12.4 Å². The molecule has 3 N–H and O–H groups in total. The van der Waals surface area contributed by atoms with Gasteiger partial charge in [-0.05, 0) is 32.7 Å². The second-order valence-corrected chi connectivity index (χ2v) is 7.72. The van der Waals surface area contributed by atoms with Gasteiger partial charge in [0, 0.05) is 44.0 Å². The number of aryl methyl sites for hydroxylation is 1. The summed E-state index contributed by atoms with van der Waals surface area (Å²) in [6.07, 6.45) is 11.0. The van der Waals surface area contributed by atoms with Crippen LogP contribution in [0.5, 0.6) is 0 Å². The third kappa shape index (κ3) is 5.85. The summed E-state index contributed by atoms with van der Waals surface area (Å²) in [4.78, 5) is 27.0. The fraction of sp³-hybridized carbons (Fsp3) is 0.737. The zero-order valence-electron chi connectivity index (χ0n) is 16.8. The molecule has 8 nitrogen and oxygen atoms in total. The molecule has 0 spiro atoms. The van der Waals surface area contributed by atoms with Gasteiger partial charge in [0.1, 0.15) is 6.04 Å². The SMILES string of the molecule is CNC(C(=O)NC1CCN(C(=O)NC2CCCCC2)CC1)c1cnn(C)c1.Cl. The zero-order chi connectivity index (χ0) is 19.2. The highest BCUT2D eigenvalue weighted by molar-refractivity contribution is 5.85. The van der Waals surface area contributed by atoms with Crippen LogP contribution in [0.2, 0.25) is 0 Å². The van der Waals surface area contributed by atoms with Crippen molar-refractivity contribution in [1.29, 1.82) is 0 Å². The Morgan fingerprint density at radius 3 is 2.29 bits per heavy atom. The van der Waals surface area contributed by atoms with Gasteiger partial charge in [-0.15, -0.1) is 12.4 Å². The first-order valence-electron chi connectivity index (χ1n) is 10.1. The molecule has 1 saturated carbocycles. The van der Waals surface area contributed by atoms with Crippen molar-refractivity contribution >= 4 is 24.3 Å². The third-order valence-electron chi connectivity index (χ3n) is 5.67. The molecular weight excluding hydrogens is 380 g/mol. The Balaban J connectivity index is 0.00000280. The van der Waals surface area contributed by atoms with Crippen LogP contribution in [0, 0.1) is 0 Å². The molecule has 1 aromatic rings. The largest absolute Gasteiger partial charge is 0.352 e. The number of hydrogen-bond donors (Lipinski definition) is 3. The second kappa shape index (κ2) is 10.7. The highest BCUT2D eigenvalue weighted by atomic mass is 35.5. The van der Waals surface area contributed by atoms with Gasteiger partial charge in [0.2, 0.25) is 5.91 Å². The Morgan fingerprint density at radius 1 is 1.07 bits per heavy atom. The number of aromatic nitrogens is 2.